The molecule has 1 fully saturated rings. The highest BCUT2D eigenvalue weighted by molar-refractivity contribution is 6.04. The molecule has 0 spiro atoms. The number of aromatic nitrogens is 2. The van der Waals surface area contributed by atoms with Gasteiger partial charge in [-0.3, -0.25) is 9.69 Å². The monoisotopic (exact) mass is 232 g/mol. The van der Waals surface area contributed by atoms with Gasteiger partial charge in [-0.05, 0) is 0 Å². The van der Waals surface area contributed by atoms with E-state index in [1.54, 1.807) is 17.3 Å². The SMILES string of the molecule is C=CCN1C(=O)[C@@H]2Cc3nc[nH]c3CN2C1=O. The highest BCUT2D eigenvalue weighted by atomic mass is 16.2. The van der Waals surface area contributed by atoms with E-state index in [0.29, 0.717) is 13.0 Å². The third-order valence-electron chi connectivity index (χ3n) is 3.24. The summed E-state index contributed by atoms with van der Waals surface area (Å²) in [7, 11) is 0. The number of fused-ring (bicyclic) bond motifs is 2. The molecule has 3 heterocycles. The van der Waals surface area contributed by atoms with Gasteiger partial charge in [-0.15, -0.1) is 6.58 Å². The molecule has 6 nitrogen and oxygen atoms in total. The van der Waals surface area contributed by atoms with Crippen LogP contribution in [0.25, 0.3) is 0 Å². The average molecular weight is 232 g/mol. The number of imidazole rings is 1. The Morgan fingerprint density at radius 1 is 1.59 bits per heavy atom. The fourth-order valence-electron chi connectivity index (χ4n) is 2.38. The van der Waals surface area contributed by atoms with Crippen LogP contribution in [-0.2, 0) is 17.8 Å². The molecule has 3 rings (SSSR count). The van der Waals surface area contributed by atoms with Crippen molar-refractivity contribution >= 4 is 11.9 Å². The lowest BCUT2D eigenvalue weighted by atomic mass is 10.0. The molecule has 0 saturated carbocycles. The minimum absolute atomic E-state index is 0.149. The van der Waals surface area contributed by atoms with Crippen LogP contribution in [0.1, 0.15) is 11.4 Å². The van der Waals surface area contributed by atoms with Gasteiger partial charge in [0.1, 0.15) is 6.04 Å². The maximum Gasteiger partial charge on any atom is 0.328 e. The minimum atomic E-state index is -0.391. The van der Waals surface area contributed by atoms with Crippen LogP contribution in [0, 0.1) is 0 Å². The van der Waals surface area contributed by atoms with Crippen molar-refractivity contribution in [3.05, 3.63) is 30.4 Å². The molecule has 1 aromatic rings. The summed E-state index contributed by atoms with van der Waals surface area (Å²) in [6.45, 7) is 4.26. The second-order valence-electron chi connectivity index (χ2n) is 4.20. The number of carbonyl (C=O) groups excluding carboxylic acids is 2. The Hall–Kier alpha value is -2.11. The molecule has 17 heavy (non-hydrogen) atoms. The molecule has 2 aliphatic heterocycles. The Labute approximate surface area is 97.9 Å². The molecule has 1 N–H and O–H groups in total. The van der Waals surface area contributed by atoms with Crippen LogP contribution < -0.4 is 0 Å². The van der Waals surface area contributed by atoms with E-state index in [2.05, 4.69) is 16.5 Å². The number of carbonyl (C=O) groups is 2. The van der Waals surface area contributed by atoms with Gasteiger partial charge < -0.3 is 9.88 Å². The van der Waals surface area contributed by atoms with Crippen LogP contribution >= 0.6 is 0 Å². The quantitative estimate of drug-likeness (QED) is 0.588. The third kappa shape index (κ3) is 1.30. The van der Waals surface area contributed by atoms with E-state index >= 15 is 0 Å². The molecule has 0 aliphatic carbocycles. The molecule has 88 valence electrons. The summed E-state index contributed by atoms with van der Waals surface area (Å²) >= 11 is 0. The second kappa shape index (κ2) is 3.44. The molecule has 0 bridgehead atoms. The van der Waals surface area contributed by atoms with Gasteiger partial charge in [0.25, 0.3) is 5.91 Å². The van der Waals surface area contributed by atoms with E-state index < -0.39 is 6.04 Å². The number of hydrogen-bond donors (Lipinski definition) is 1. The first kappa shape index (κ1) is 10.1. The first-order chi connectivity index (χ1) is 8.22. The van der Waals surface area contributed by atoms with Crippen molar-refractivity contribution in [3.63, 3.8) is 0 Å². The molecule has 2 aliphatic rings. The van der Waals surface area contributed by atoms with Crippen molar-refractivity contribution in [2.24, 2.45) is 0 Å². The lowest BCUT2D eigenvalue weighted by molar-refractivity contribution is -0.128. The molecule has 1 atom stereocenters. The van der Waals surface area contributed by atoms with Crippen LogP contribution in [0.4, 0.5) is 4.79 Å². The van der Waals surface area contributed by atoms with E-state index in [4.69, 9.17) is 0 Å². The summed E-state index contributed by atoms with van der Waals surface area (Å²) < 4.78 is 0. The van der Waals surface area contributed by atoms with Gasteiger partial charge in [0.05, 0.1) is 24.3 Å². The standard InChI is InChI=1S/C11H12N4O2/c1-2-3-14-10(16)9-4-7-8(13-6-12-7)5-15(9)11(14)17/h2,6,9H,1,3-5H2,(H,12,13)/t9-/m0/s1. The zero-order chi connectivity index (χ0) is 12.0. The number of rotatable bonds is 2. The van der Waals surface area contributed by atoms with Crippen LogP contribution in [0.15, 0.2) is 19.0 Å². The van der Waals surface area contributed by atoms with Crippen molar-refractivity contribution in [1.82, 2.24) is 19.8 Å². The van der Waals surface area contributed by atoms with Crippen molar-refractivity contribution < 1.29 is 9.59 Å². The molecule has 0 unspecified atom stereocenters. The Kier molecular flexibility index (Phi) is 2.04. The molecular formula is C11H12N4O2. The Morgan fingerprint density at radius 2 is 2.41 bits per heavy atom. The number of hydrogen-bond acceptors (Lipinski definition) is 3. The maximum atomic E-state index is 12.0. The van der Waals surface area contributed by atoms with E-state index in [1.807, 2.05) is 0 Å². The summed E-state index contributed by atoms with van der Waals surface area (Å²) in [5.74, 6) is -0.149. The molecule has 3 amide bonds. The van der Waals surface area contributed by atoms with Gasteiger partial charge in [-0.25, -0.2) is 9.78 Å². The summed E-state index contributed by atoms with van der Waals surface area (Å²) in [6.07, 6.45) is 3.66. The van der Waals surface area contributed by atoms with E-state index in [-0.39, 0.29) is 18.5 Å². The summed E-state index contributed by atoms with van der Waals surface area (Å²) in [5.41, 5.74) is 1.80. The zero-order valence-corrected chi connectivity index (χ0v) is 9.22. The topological polar surface area (TPSA) is 69.3 Å². The smallest absolute Gasteiger partial charge is 0.328 e. The molecule has 6 heteroatoms. The Balaban J connectivity index is 1.94. The molecule has 1 saturated heterocycles. The van der Waals surface area contributed by atoms with Gasteiger partial charge in [0.2, 0.25) is 0 Å². The highest BCUT2D eigenvalue weighted by Crippen LogP contribution is 2.28. The largest absolute Gasteiger partial charge is 0.347 e. The lowest BCUT2D eigenvalue weighted by Crippen LogP contribution is -2.40. The first-order valence-corrected chi connectivity index (χ1v) is 5.46. The summed E-state index contributed by atoms with van der Waals surface area (Å²) in [6, 6.07) is -0.626. The van der Waals surface area contributed by atoms with Crippen molar-refractivity contribution in [2.75, 3.05) is 6.54 Å². The number of H-pyrrole nitrogens is 1. The maximum absolute atomic E-state index is 12.0. The van der Waals surface area contributed by atoms with Crippen molar-refractivity contribution in [1.29, 1.82) is 0 Å². The van der Waals surface area contributed by atoms with Crippen LogP contribution in [0.5, 0.6) is 0 Å². The number of amides is 3. The highest BCUT2D eigenvalue weighted by Gasteiger charge is 2.47. The Bertz CT molecular complexity index is 469. The number of urea groups is 1. The number of nitrogens with one attached hydrogen (secondary N) is 1. The predicted molar refractivity (Wildman–Crippen MR) is 58.9 cm³/mol. The van der Waals surface area contributed by atoms with Crippen LogP contribution in [0.2, 0.25) is 0 Å². The molecular weight excluding hydrogens is 220 g/mol. The van der Waals surface area contributed by atoms with Gasteiger partial charge in [-0.1, -0.05) is 6.08 Å². The van der Waals surface area contributed by atoms with Gasteiger partial charge in [-0.2, -0.15) is 0 Å². The Morgan fingerprint density at radius 3 is 3.18 bits per heavy atom. The normalized spacial score (nSPS) is 22.7. The van der Waals surface area contributed by atoms with E-state index in [9.17, 15) is 9.59 Å². The van der Waals surface area contributed by atoms with Crippen LogP contribution in [-0.4, -0.2) is 44.3 Å². The van der Waals surface area contributed by atoms with Gasteiger partial charge in [0.15, 0.2) is 0 Å². The fourth-order valence-corrected chi connectivity index (χ4v) is 2.38. The van der Waals surface area contributed by atoms with Crippen LogP contribution in [0.3, 0.4) is 0 Å². The second-order valence-corrected chi connectivity index (χ2v) is 4.20. The first-order valence-electron chi connectivity index (χ1n) is 5.46. The predicted octanol–water partition coefficient (Wildman–Crippen LogP) is 0.285. The number of aromatic amines is 1. The van der Waals surface area contributed by atoms with Crippen molar-refractivity contribution in [2.45, 2.75) is 19.0 Å². The molecule has 0 aromatic carbocycles. The third-order valence-corrected chi connectivity index (χ3v) is 3.24. The number of imide groups is 1. The average Bonchev–Trinajstić information content (AvgIpc) is 2.87. The number of nitrogens with zero attached hydrogens (tertiary/aromatic N) is 3. The van der Waals surface area contributed by atoms with Gasteiger partial charge in [0, 0.05) is 13.0 Å². The summed E-state index contributed by atoms with van der Waals surface area (Å²) in [4.78, 5) is 34.1. The summed E-state index contributed by atoms with van der Waals surface area (Å²) in [5, 5.41) is 0. The van der Waals surface area contributed by atoms with E-state index in [0.717, 1.165) is 11.4 Å². The molecule has 0 radical (unpaired) electrons. The van der Waals surface area contributed by atoms with Gasteiger partial charge >= 0.3 is 6.03 Å². The zero-order valence-electron chi connectivity index (χ0n) is 9.22. The van der Waals surface area contributed by atoms with Crippen molar-refractivity contribution in [3.8, 4) is 0 Å². The van der Waals surface area contributed by atoms with E-state index in [1.165, 1.54) is 4.90 Å². The fraction of sp³-hybridized carbons (Fsp3) is 0.364. The minimum Gasteiger partial charge on any atom is -0.347 e. The lowest BCUT2D eigenvalue weighted by Gasteiger charge is -2.25. The molecule has 1 aromatic heterocycles.